The van der Waals surface area contributed by atoms with Gasteiger partial charge in [0.15, 0.2) is 0 Å². The van der Waals surface area contributed by atoms with Crippen LogP contribution in [0, 0.1) is 28.7 Å². The Kier molecular flexibility index (Phi) is 3.89. The Bertz CT molecular complexity index is 689. The Morgan fingerprint density at radius 3 is 2.43 bits per heavy atom. The molecule has 10 heteroatoms. The topological polar surface area (TPSA) is 119 Å². The average molecular weight is 296 g/mol. The van der Waals surface area contributed by atoms with E-state index in [1.54, 1.807) is 0 Å². The molecule has 8 nitrogen and oxygen atoms in total. The van der Waals surface area contributed by atoms with Crippen molar-refractivity contribution >= 4 is 23.1 Å². The molecule has 0 atom stereocenters. The lowest BCUT2D eigenvalue weighted by atomic mass is 10.2. The lowest BCUT2D eigenvalue weighted by Crippen LogP contribution is -2.14. The van der Waals surface area contributed by atoms with E-state index in [-0.39, 0.29) is 17.5 Å². The van der Waals surface area contributed by atoms with Gasteiger partial charge in [0, 0.05) is 0 Å². The molecular weight excluding hydrogens is 286 g/mol. The molecule has 0 aliphatic heterocycles. The summed E-state index contributed by atoms with van der Waals surface area (Å²) in [5.41, 5.74) is 1.05. The van der Waals surface area contributed by atoms with Crippen LogP contribution in [0.15, 0.2) is 18.2 Å². The Balaban J connectivity index is 2.57. The Hall–Kier alpha value is -2.88. The molecule has 21 heavy (non-hydrogen) atoms. The zero-order valence-corrected chi connectivity index (χ0v) is 10.7. The van der Waals surface area contributed by atoms with Crippen LogP contribution in [0.25, 0.3) is 0 Å². The maximum absolute atomic E-state index is 13.6. The first kappa shape index (κ1) is 14.5. The fraction of sp³-hybridized carbons (Fsp3) is 0.0909. The van der Waals surface area contributed by atoms with E-state index in [0.717, 1.165) is 12.1 Å². The number of halogens is 2. The van der Waals surface area contributed by atoms with E-state index >= 15 is 0 Å². The molecule has 2 rings (SSSR count). The predicted octanol–water partition coefficient (Wildman–Crippen LogP) is 2.00. The summed E-state index contributed by atoms with van der Waals surface area (Å²) in [4.78, 5) is 17.8. The van der Waals surface area contributed by atoms with Crippen molar-refractivity contribution in [3.8, 4) is 0 Å². The molecule has 0 aliphatic rings. The lowest BCUT2D eigenvalue weighted by molar-refractivity contribution is -0.385. The Labute approximate surface area is 117 Å². The second-order valence-corrected chi connectivity index (χ2v) is 3.95. The molecule has 2 aromatic rings. The lowest BCUT2D eigenvalue weighted by Gasteiger charge is -2.10. The second-order valence-electron chi connectivity index (χ2n) is 3.95. The minimum atomic E-state index is -0.914. The van der Waals surface area contributed by atoms with Gasteiger partial charge >= 0.3 is 5.69 Å². The highest BCUT2D eigenvalue weighted by Gasteiger charge is 2.23. The molecule has 0 aliphatic carbocycles. The van der Waals surface area contributed by atoms with Crippen molar-refractivity contribution in [1.82, 2.24) is 9.97 Å². The first-order chi connectivity index (χ1) is 9.93. The molecule has 0 bridgehead atoms. The number of benzene rings is 1. The summed E-state index contributed by atoms with van der Waals surface area (Å²) in [6.45, 7) is 1.35. The molecule has 0 spiro atoms. The summed E-state index contributed by atoms with van der Waals surface area (Å²) in [6, 6.07) is 3.18. The van der Waals surface area contributed by atoms with Gasteiger partial charge in [-0.15, -0.1) is 0 Å². The third-order valence-electron chi connectivity index (χ3n) is 2.58. The van der Waals surface area contributed by atoms with Crippen molar-refractivity contribution in [2.24, 2.45) is 5.84 Å². The Morgan fingerprint density at radius 2 is 1.90 bits per heavy atom. The highest BCUT2D eigenvalue weighted by molar-refractivity contribution is 5.68. The monoisotopic (exact) mass is 296 g/mol. The van der Waals surface area contributed by atoms with E-state index in [2.05, 4.69) is 20.7 Å². The number of nitrogens with one attached hydrogen (secondary N) is 2. The number of hydrogen-bond donors (Lipinski definition) is 3. The predicted molar refractivity (Wildman–Crippen MR) is 70.9 cm³/mol. The average Bonchev–Trinajstić information content (AvgIpc) is 2.42. The van der Waals surface area contributed by atoms with Crippen molar-refractivity contribution in [2.75, 3.05) is 10.7 Å². The standard InChI is InChI=1S/C11H10F2N6O2/c1-5-9(19(20)21)10(17-11(15-5)18-14)16-8-6(12)3-2-4-7(8)13/h2-4H,14H2,1H3,(H2,15,16,17,18). The molecule has 1 aromatic carbocycles. The maximum Gasteiger partial charge on any atom is 0.332 e. The van der Waals surface area contributed by atoms with E-state index in [1.807, 2.05) is 0 Å². The molecule has 0 saturated heterocycles. The van der Waals surface area contributed by atoms with Crippen LogP contribution >= 0.6 is 0 Å². The van der Waals surface area contributed by atoms with Crippen LogP contribution in [0.2, 0.25) is 0 Å². The molecule has 0 fully saturated rings. The van der Waals surface area contributed by atoms with E-state index < -0.39 is 27.9 Å². The number of para-hydroxylation sites is 1. The van der Waals surface area contributed by atoms with Crippen LogP contribution in [0.4, 0.5) is 31.9 Å². The van der Waals surface area contributed by atoms with Gasteiger partial charge in [-0.25, -0.2) is 19.6 Å². The highest BCUT2D eigenvalue weighted by Crippen LogP contribution is 2.31. The smallest absolute Gasteiger partial charge is 0.329 e. The van der Waals surface area contributed by atoms with Gasteiger partial charge in [-0.1, -0.05) is 6.07 Å². The van der Waals surface area contributed by atoms with Gasteiger partial charge in [0.05, 0.1) is 4.92 Å². The molecule has 0 unspecified atom stereocenters. The summed E-state index contributed by atoms with van der Waals surface area (Å²) in [7, 11) is 0. The van der Waals surface area contributed by atoms with E-state index in [9.17, 15) is 18.9 Å². The number of rotatable bonds is 4. The zero-order chi connectivity index (χ0) is 15.6. The van der Waals surface area contributed by atoms with Crippen LogP contribution in [0.5, 0.6) is 0 Å². The summed E-state index contributed by atoms with van der Waals surface area (Å²) >= 11 is 0. The molecule has 0 radical (unpaired) electrons. The number of hydrogen-bond acceptors (Lipinski definition) is 7. The van der Waals surface area contributed by atoms with Gasteiger partial charge in [0.2, 0.25) is 11.8 Å². The molecular formula is C11H10F2N6O2. The van der Waals surface area contributed by atoms with Gasteiger partial charge in [0.1, 0.15) is 23.0 Å². The molecule has 1 heterocycles. The van der Waals surface area contributed by atoms with E-state index in [4.69, 9.17) is 5.84 Å². The summed E-state index contributed by atoms with van der Waals surface area (Å²) < 4.78 is 27.2. The minimum absolute atomic E-state index is 0.0119. The normalized spacial score (nSPS) is 10.3. The van der Waals surface area contributed by atoms with Crippen LogP contribution in [0.3, 0.4) is 0 Å². The minimum Gasteiger partial charge on any atom is -0.329 e. The number of nitrogen functional groups attached to an aromatic ring is 1. The number of hydrazine groups is 1. The number of anilines is 3. The third-order valence-corrected chi connectivity index (χ3v) is 2.58. The quantitative estimate of drug-likeness (QED) is 0.448. The maximum atomic E-state index is 13.6. The van der Waals surface area contributed by atoms with Crippen molar-refractivity contribution < 1.29 is 13.7 Å². The van der Waals surface area contributed by atoms with Gasteiger partial charge < -0.3 is 5.32 Å². The third kappa shape index (κ3) is 2.84. The number of aryl methyl sites for hydroxylation is 1. The van der Waals surface area contributed by atoms with Gasteiger partial charge in [-0.2, -0.15) is 4.98 Å². The van der Waals surface area contributed by atoms with Crippen LogP contribution < -0.4 is 16.6 Å². The van der Waals surface area contributed by atoms with Crippen molar-refractivity contribution in [2.45, 2.75) is 6.92 Å². The van der Waals surface area contributed by atoms with Crippen molar-refractivity contribution in [3.05, 3.63) is 45.6 Å². The number of nitrogens with two attached hydrogens (primary N) is 1. The van der Waals surface area contributed by atoms with Gasteiger partial charge in [0.25, 0.3) is 0 Å². The molecule has 0 saturated carbocycles. The Morgan fingerprint density at radius 1 is 1.29 bits per heavy atom. The first-order valence-electron chi connectivity index (χ1n) is 5.64. The number of nitrogens with zero attached hydrogens (tertiary/aromatic N) is 3. The number of nitro groups is 1. The van der Waals surface area contributed by atoms with Gasteiger partial charge in [-0.05, 0) is 19.1 Å². The van der Waals surface area contributed by atoms with Crippen molar-refractivity contribution in [1.29, 1.82) is 0 Å². The van der Waals surface area contributed by atoms with E-state index in [0.29, 0.717) is 0 Å². The highest BCUT2D eigenvalue weighted by atomic mass is 19.1. The molecule has 1 aromatic heterocycles. The van der Waals surface area contributed by atoms with Crippen LogP contribution in [-0.2, 0) is 0 Å². The van der Waals surface area contributed by atoms with Crippen LogP contribution in [0.1, 0.15) is 5.69 Å². The first-order valence-corrected chi connectivity index (χ1v) is 5.64. The second kappa shape index (κ2) is 5.63. The fourth-order valence-electron chi connectivity index (χ4n) is 1.67. The summed E-state index contributed by atoms with van der Waals surface area (Å²) in [5.74, 6) is 2.82. The van der Waals surface area contributed by atoms with Crippen molar-refractivity contribution in [3.63, 3.8) is 0 Å². The summed E-state index contributed by atoms with van der Waals surface area (Å²) in [5, 5.41) is 13.3. The largest absolute Gasteiger partial charge is 0.332 e. The molecule has 0 amide bonds. The fourth-order valence-corrected chi connectivity index (χ4v) is 1.67. The van der Waals surface area contributed by atoms with E-state index in [1.165, 1.54) is 13.0 Å². The van der Waals surface area contributed by atoms with Gasteiger partial charge in [-0.3, -0.25) is 15.5 Å². The summed E-state index contributed by atoms with van der Waals surface area (Å²) in [6.07, 6.45) is 0. The zero-order valence-electron chi connectivity index (χ0n) is 10.7. The molecule has 110 valence electrons. The SMILES string of the molecule is Cc1nc(NN)nc(Nc2c(F)cccc2F)c1[N+](=O)[O-]. The van der Waals surface area contributed by atoms with Crippen LogP contribution in [-0.4, -0.2) is 14.9 Å². The number of aromatic nitrogens is 2. The molecule has 4 N–H and O–H groups in total.